The molecular weight excluding hydrogens is 414 g/mol. The third-order valence-electron chi connectivity index (χ3n) is 4.40. The average molecular weight is 436 g/mol. The number of sulfone groups is 1. The molecule has 7 heteroatoms. The summed E-state index contributed by atoms with van der Waals surface area (Å²) in [5.74, 6) is 0.842. The Morgan fingerprint density at radius 3 is 2.43 bits per heavy atom. The van der Waals surface area contributed by atoms with Crippen molar-refractivity contribution in [3.63, 3.8) is 0 Å². The molecule has 3 aromatic rings. The number of nitrogens with zero attached hydrogens (tertiary/aromatic N) is 1. The summed E-state index contributed by atoms with van der Waals surface area (Å²) >= 11 is 7.54. The first-order valence-corrected chi connectivity index (χ1v) is 11.7. The second kappa shape index (κ2) is 9.56. The second-order valence-electron chi connectivity index (χ2n) is 6.37. The molecule has 0 saturated heterocycles. The maximum atomic E-state index is 12.7. The smallest absolute Gasteiger partial charge is 0.179 e. The van der Waals surface area contributed by atoms with Crippen LogP contribution in [0.15, 0.2) is 70.9 Å². The maximum Gasteiger partial charge on any atom is 0.179 e. The van der Waals surface area contributed by atoms with Crippen molar-refractivity contribution in [3.8, 4) is 5.75 Å². The van der Waals surface area contributed by atoms with Gasteiger partial charge in [-0.15, -0.1) is 11.3 Å². The van der Waals surface area contributed by atoms with Gasteiger partial charge in [0.25, 0.3) is 0 Å². The first kappa shape index (κ1) is 20.9. The Morgan fingerprint density at radius 2 is 1.75 bits per heavy atom. The lowest BCUT2D eigenvalue weighted by molar-refractivity contribution is 0.269. The molecule has 0 bridgehead atoms. The minimum absolute atomic E-state index is 0.0369. The van der Waals surface area contributed by atoms with Crippen molar-refractivity contribution in [2.24, 2.45) is 0 Å². The van der Waals surface area contributed by atoms with Gasteiger partial charge in [-0.3, -0.25) is 4.90 Å². The van der Waals surface area contributed by atoms with Crippen molar-refractivity contribution in [1.29, 1.82) is 0 Å². The van der Waals surface area contributed by atoms with Crippen molar-refractivity contribution < 1.29 is 13.2 Å². The van der Waals surface area contributed by atoms with Crippen LogP contribution in [0.25, 0.3) is 0 Å². The number of thiophene rings is 1. The lowest BCUT2D eigenvalue weighted by atomic mass is 10.2. The van der Waals surface area contributed by atoms with E-state index in [1.807, 2.05) is 35.7 Å². The molecule has 3 rings (SSSR count). The van der Waals surface area contributed by atoms with Crippen molar-refractivity contribution in [2.75, 3.05) is 19.4 Å². The van der Waals surface area contributed by atoms with E-state index < -0.39 is 9.84 Å². The highest BCUT2D eigenvalue weighted by atomic mass is 35.5. The molecule has 1 aromatic heterocycles. The Hall–Kier alpha value is -1.86. The van der Waals surface area contributed by atoms with Gasteiger partial charge in [0, 0.05) is 35.1 Å². The van der Waals surface area contributed by atoms with Gasteiger partial charge >= 0.3 is 0 Å². The van der Waals surface area contributed by atoms with Gasteiger partial charge in [-0.25, -0.2) is 8.42 Å². The molecule has 0 aliphatic carbocycles. The topological polar surface area (TPSA) is 46.6 Å². The van der Waals surface area contributed by atoms with E-state index in [0.29, 0.717) is 29.6 Å². The lowest BCUT2D eigenvalue weighted by Crippen LogP contribution is -2.28. The monoisotopic (exact) mass is 435 g/mol. The summed E-state index contributed by atoms with van der Waals surface area (Å²) in [6.07, 6.45) is 0. The number of para-hydroxylation sites is 1. The van der Waals surface area contributed by atoms with Gasteiger partial charge in [0.05, 0.1) is 17.8 Å². The van der Waals surface area contributed by atoms with Gasteiger partial charge < -0.3 is 4.74 Å². The number of hydrogen-bond donors (Lipinski definition) is 0. The fourth-order valence-corrected chi connectivity index (χ4v) is 5.08. The fraction of sp³-hybridized carbons (Fsp3) is 0.238. The molecule has 0 aliphatic heterocycles. The minimum atomic E-state index is -3.39. The van der Waals surface area contributed by atoms with Crippen molar-refractivity contribution in [2.45, 2.75) is 18.0 Å². The summed E-state index contributed by atoms with van der Waals surface area (Å²) in [5, 5.41) is 2.55. The Morgan fingerprint density at radius 1 is 1.00 bits per heavy atom. The summed E-state index contributed by atoms with van der Waals surface area (Å²) in [6.45, 7) is 1.71. The highest BCUT2D eigenvalue weighted by Gasteiger charge is 2.18. The Labute approximate surface area is 175 Å². The van der Waals surface area contributed by atoms with Gasteiger partial charge in [0.15, 0.2) is 9.84 Å². The van der Waals surface area contributed by atoms with Gasteiger partial charge in [-0.1, -0.05) is 35.9 Å². The number of methoxy groups -OCH3 is 1. The number of hydrogen-bond acceptors (Lipinski definition) is 5. The van der Waals surface area contributed by atoms with E-state index in [1.54, 1.807) is 42.7 Å². The van der Waals surface area contributed by atoms with Crippen LogP contribution in [0.3, 0.4) is 0 Å². The zero-order valence-electron chi connectivity index (χ0n) is 15.5. The van der Waals surface area contributed by atoms with Gasteiger partial charge in [-0.2, -0.15) is 0 Å². The van der Waals surface area contributed by atoms with E-state index in [2.05, 4.69) is 11.0 Å². The summed E-state index contributed by atoms with van der Waals surface area (Å²) in [4.78, 5) is 3.63. The Balaban J connectivity index is 1.76. The Kier molecular flexibility index (Phi) is 7.13. The average Bonchev–Trinajstić information content (AvgIpc) is 3.20. The number of benzene rings is 2. The number of ether oxygens (including phenoxy) is 1. The van der Waals surface area contributed by atoms with Gasteiger partial charge in [-0.05, 0) is 41.8 Å². The standard InChI is InChI=1S/C21H22ClNO3S2/c1-26-21-7-3-2-5-17(21)15-23(16-19-6-4-13-27-19)12-14-28(24,25)20-10-8-18(22)9-11-20/h2-11,13H,12,14-16H2,1H3. The molecule has 0 spiro atoms. The minimum Gasteiger partial charge on any atom is -0.496 e. The first-order chi connectivity index (χ1) is 13.5. The van der Waals surface area contributed by atoms with Crippen LogP contribution in [0.1, 0.15) is 10.4 Å². The van der Waals surface area contributed by atoms with E-state index in [0.717, 1.165) is 11.3 Å². The van der Waals surface area contributed by atoms with E-state index >= 15 is 0 Å². The predicted molar refractivity (Wildman–Crippen MR) is 115 cm³/mol. The highest BCUT2D eigenvalue weighted by Crippen LogP contribution is 2.22. The molecule has 0 fully saturated rings. The summed E-state index contributed by atoms with van der Waals surface area (Å²) in [5.41, 5.74) is 1.03. The molecule has 0 atom stereocenters. The van der Waals surface area contributed by atoms with Crippen LogP contribution in [0.4, 0.5) is 0 Å². The van der Waals surface area contributed by atoms with Crippen molar-refractivity contribution in [1.82, 2.24) is 4.90 Å². The highest BCUT2D eigenvalue weighted by molar-refractivity contribution is 7.91. The normalized spacial score (nSPS) is 11.7. The molecule has 0 amide bonds. The van der Waals surface area contributed by atoms with E-state index in [-0.39, 0.29) is 5.75 Å². The van der Waals surface area contributed by atoms with E-state index in [9.17, 15) is 8.42 Å². The number of rotatable bonds is 9. The van der Waals surface area contributed by atoms with Crippen LogP contribution in [-0.2, 0) is 22.9 Å². The molecule has 0 saturated carbocycles. The van der Waals surface area contributed by atoms with Crippen LogP contribution in [0.2, 0.25) is 5.02 Å². The SMILES string of the molecule is COc1ccccc1CN(CCS(=O)(=O)c1ccc(Cl)cc1)Cc1cccs1. The molecule has 28 heavy (non-hydrogen) atoms. The van der Waals surface area contributed by atoms with Crippen molar-refractivity contribution >= 4 is 32.8 Å². The van der Waals surface area contributed by atoms with E-state index in [1.165, 1.54) is 4.88 Å². The first-order valence-electron chi connectivity index (χ1n) is 8.83. The van der Waals surface area contributed by atoms with Gasteiger partial charge in [0.2, 0.25) is 0 Å². The van der Waals surface area contributed by atoms with Crippen molar-refractivity contribution in [3.05, 3.63) is 81.5 Å². The molecule has 148 valence electrons. The molecule has 0 radical (unpaired) electrons. The largest absolute Gasteiger partial charge is 0.496 e. The summed E-state index contributed by atoms with van der Waals surface area (Å²) in [7, 11) is -1.74. The fourth-order valence-electron chi connectivity index (χ4n) is 2.92. The van der Waals surface area contributed by atoms with Crippen LogP contribution in [0.5, 0.6) is 5.75 Å². The zero-order chi connectivity index (χ0) is 20.0. The van der Waals surface area contributed by atoms with Crippen LogP contribution < -0.4 is 4.74 Å². The zero-order valence-corrected chi connectivity index (χ0v) is 17.9. The molecule has 4 nitrogen and oxygen atoms in total. The Bertz CT molecular complexity index is 987. The molecule has 0 unspecified atom stereocenters. The molecular formula is C21H22ClNO3S2. The summed E-state index contributed by atoms with van der Waals surface area (Å²) in [6, 6.07) is 18.2. The second-order valence-corrected chi connectivity index (χ2v) is 9.95. The molecule has 0 aliphatic rings. The quantitative estimate of drug-likeness (QED) is 0.480. The molecule has 2 aromatic carbocycles. The van der Waals surface area contributed by atoms with Crippen LogP contribution in [-0.4, -0.2) is 32.7 Å². The molecule has 1 heterocycles. The third-order valence-corrected chi connectivity index (χ3v) is 7.22. The molecule has 0 N–H and O–H groups in total. The summed E-state index contributed by atoms with van der Waals surface area (Å²) < 4.78 is 30.9. The van der Waals surface area contributed by atoms with Crippen LogP contribution >= 0.6 is 22.9 Å². The van der Waals surface area contributed by atoms with E-state index in [4.69, 9.17) is 16.3 Å². The predicted octanol–water partition coefficient (Wildman–Crippen LogP) is 4.89. The maximum absolute atomic E-state index is 12.7. The van der Waals surface area contributed by atoms with Gasteiger partial charge in [0.1, 0.15) is 5.75 Å². The number of halogens is 1. The third kappa shape index (κ3) is 5.58. The lowest BCUT2D eigenvalue weighted by Gasteiger charge is -2.23. The van der Waals surface area contributed by atoms with Crippen LogP contribution in [0, 0.1) is 0 Å².